The molecule has 0 aliphatic carbocycles. The SMILES string of the molecule is Cc1c(OCc2ccnc(Br)c2)ccc(C(=O)CC(C)(C)C)c1O. The molecule has 1 aromatic heterocycles. The van der Waals surface area contributed by atoms with E-state index in [1.807, 2.05) is 32.9 Å². The van der Waals surface area contributed by atoms with Crippen molar-refractivity contribution in [2.45, 2.75) is 40.7 Å². The van der Waals surface area contributed by atoms with Gasteiger partial charge in [0.15, 0.2) is 5.78 Å². The van der Waals surface area contributed by atoms with Crippen molar-refractivity contribution in [1.29, 1.82) is 0 Å². The molecule has 0 fully saturated rings. The van der Waals surface area contributed by atoms with Crippen LogP contribution in [0.4, 0.5) is 0 Å². The van der Waals surface area contributed by atoms with Crippen LogP contribution in [0.25, 0.3) is 0 Å². The van der Waals surface area contributed by atoms with Crippen molar-refractivity contribution in [3.63, 3.8) is 0 Å². The number of hydrogen-bond donors (Lipinski definition) is 1. The smallest absolute Gasteiger partial charge is 0.167 e. The summed E-state index contributed by atoms with van der Waals surface area (Å²) in [5.41, 5.74) is 1.76. The van der Waals surface area contributed by atoms with Crippen LogP contribution in [0.15, 0.2) is 35.1 Å². The molecule has 5 heteroatoms. The molecule has 0 bridgehead atoms. The van der Waals surface area contributed by atoms with Crippen molar-refractivity contribution in [2.24, 2.45) is 5.41 Å². The molecule has 0 aliphatic rings. The quantitative estimate of drug-likeness (QED) is 0.571. The number of Topliss-reactive ketones (excluding diaryl/α,β-unsaturated/α-hetero) is 1. The van der Waals surface area contributed by atoms with Crippen LogP contribution in [-0.2, 0) is 6.61 Å². The van der Waals surface area contributed by atoms with E-state index >= 15 is 0 Å². The Morgan fingerprint density at radius 3 is 2.62 bits per heavy atom. The highest BCUT2D eigenvalue weighted by Gasteiger charge is 2.21. The zero-order valence-electron chi connectivity index (χ0n) is 14.4. The molecule has 0 saturated carbocycles. The fourth-order valence-electron chi connectivity index (χ4n) is 2.33. The number of ketones is 1. The number of rotatable bonds is 5. The summed E-state index contributed by atoms with van der Waals surface area (Å²) in [7, 11) is 0. The van der Waals surface area contributed by atoms with Gasteiger partial charge in [-0.15, -0.1) is 0 Å². The third kappa shape index (κ3) is 4.81. The topological polar surface area (TPSA) is 59.4 Å². The minimum Gasteiger partial charge on any atom is -0.507 e. The molecule has 4 nitrogen and oxygen atoms in total. The number of aromatic nitrogens is 1. The number of aromatic hydroxyl groups is 1. The summed E-state index contributed by atoms with van der Waals surface area (Å²) in [6.07, 6.45) is 2.08. The van der Waals surface area contributed by atoms with E-state index in [4.69, 9.17) is 4.74 Å². The Hall–Kier alpha value is -1.88. The van der Waals surface area contributed by atoms with Crippen molar-refractivity contribution < 1.29 is 14.6 Å². The van der Waals surface area contributed by atoms with Crippen LogP contribution in [-0.4, -0.2) is 15.9 Å². The summed E-state index contributed by atoms with van der Waals surface area (Å²) in [5.74, 6) is 0.498. The van der Waals surface area contributed by atoms with E-state index in [9.17, 15) is 9.90 Å². The Morgan fingerprint density at radius 2 is 2.00 bits per heavy atom. The highest BCUT2D eigenvalue weighted by atomic mass is 79.9. The highest BCUT2D eigenvalue weighted by molar-refractivity contribution is 9.10. The first-order valence-electron chi connectivity index (χ1n) is 7.76. The van der Waals surface area contributed by atoms with Crippen LogP contribution in [0.1, 0.15) is 48.7 Å². The van der Waals surface area contributed by atoms with Gasteiger partial charge in [0.25, 0.3) is 0 Å². The summed E-state index contributed by atoms with van der Waals surface area (Å²) in [4.78, 5) is 16.4. The van der Waals surface area contributed by atoms with E-state index < -0.39 is 0 Å². The van der Waals surface area contributed by atoms with Gasteiger partial charge < -0.3 is 9.84 Å². The minimum atomic E-state index is -0.124. The summed E-state index contributed by atoms with van der Waals surface area (Å²) in [6, 6.07) is 7.10. The molecule has 2 aromatic rings. The Morgan fingerprint density at radius 1 is 1.29 bits per heavy atom. The van der Waals surface area contributed by atoms with Crippen LogP contribution in [0, 0.1) is 12.3 Å². The number of carbonyl (C=O) groups is 1. The third-order valence-corrected chi connectivity index (χ3v) is 3.99. The van der Waals surface area contributed by atoms with Gasteiger partial charge >= 0.3 is 0 Å². The number of phenolic OH excluding ortho intramolecular Hbond substituents is 1. The number of nitrogens with zero attached hydrogens (tertiary/aromatic N) is 1. The molecule has 0 unspecified atom stereocenters. The molecule has 0 spiro atoms. The standard InChI is InChI=1S/C19H22BrNO3/c1-12-16(24-11-13-7-8-21-17(20)9-13)6-5-14(18(12)23)15(22)10-19(2,3)4/h5-9,23H,10-11H2,1-4H3. The first-order chi connectivity index (χ1) is 11.2. The van der Waals surface area contributed by atoms with Crippen molar-refractivity contribution in [2.75, 3.05) is 0 Å². The van der Waals surface area contributed by atoms with E-state index in [-0.39, 0.29) is 16.9 Å². The number of phenols is 1. The van der Waals surface area contributed by atoms with E-state index in [1.54, 1.807) is 25.3 Å². The molecule has 0 radical (unpaired) electrons. The second-order valence-corrected chi connectivity index (χ2v) is 7.83. The number of pyridine rings is 1. The maximum absolute atomic E-state index is 12.3. The summed E-state index contributed by atoms with van der Waals surface area (Å²) in [5, 5.41) is 10.4. The molecule has 128 valence electrons. The monoisotopic (exact) mass is 391 g/mol. The maximum Gasteiger partial charge on any atom is 0.167 e. The lowest BCUT2D eigenvalue weighted by atomic mass is 9.87. The van der Waals surface area contributed by atoms with Gasteiger partial charge in [-0.3, -0.25) is 4.79 Å². The zero-order chi connectivity index (χ0) is 17.9. The van der Waals surface area contributed by atoms with E-state index in [0.29, 0.717) is 29.9 Å². The number of ether oxygens (including phenoxy) is 1. The molecular weight excluding hydrogens is 370 g/mol. The largest absolute Gasteiger partial charge is 0.507 e. The number of halogens is 1. The lowest BCUT2D eigenvalue weighted by Gasteiger charge is -2.18. The lowest BCUT2D eigenvalue weighted by Crippen LogP contribution is -2.13. The van der Waals surface area contributed by atoms with Gasteiger partial charge in [-0.1, -0.05) is 20.8 Å². The van der Waals surface area contributed by atoms with E-state index in [2.05, 4.69) is 20.9 Å². The number of benzene rings is 1. The Balaban J connectivity index is 2.16. The van der Waals surface area contributed by atoms with Gasteiger partial charge in [0.1, 0.15) is 22.7 Å². The summed E-state index contributed by atoms with van der Waals surface area (Å²) >= 11 is 3.32. The van der Waals surface area contributed by atoms with Gasteiger partial charge in [-0.05, 0) is 58.1 Å². The average molecular weight is 392 g/mol. The van der Waals surface area contributed by atoms with Crippen LogP contribution < -0.4 is 4.74 Å². The zero-order valence-corrected chi connectivity index (χ0v) is 16.0. The lowest BCUT2D eigenvalue weighted by molar-refractivity contribution is 0.0937. The predicted molar refractivity (Wildman–Crippen MR) is 97.5 cm³/mol. The summed E-state index contributed by atoms with van der Waals surface area (Å²) < 4.78 is 6.52. The summed E-state index contributed by atoms with van der Waals surface area (Å²) in [6.45, 7) is 8.11. The van der Waals surface area contributed by atoms with Crippen molar-refractivity contribution in [3.05, 3.63) is 51.8 Å². The molecule has 0 aliphatic heterocycles. The molecular formula is C19H22BrNO3. The van der Waals surface area contributed by atoms with Crippen LogP contribution >= 0.6 is 15.9 Å². The van der Waals surface area contributed by atoms with Crippen molar-refractivity contribution in [1.82, 2.24) is 4.98 Å². The predicted octanol–water partition coefficient (Wildman–Crippen LogP) is 5.06. The number of carbonyl (C=O) groups excluding carboxylic acids is 1. The van der Waals surface area contributed by atoms with E-state index in [1.165, 1.54) is 0 Å². The maximum atomic E-state index is 12.3. The molecule has 0 atom stereocenters. The second-order valence-electron chi connectivity index (χ2n) is 7.02. The Bertz CT molecular complexity index is 751. The molecule has 0 saturated heterocycles. The number of hydrogen-bond acceptors (Lipinski definition) is 4. The minimum absolute atomic E-state index is 0.00217. The van der Waals surface area contributed by atoms with Gasteiger partial charge in [0.05, 0.1) is 5.56 Å². The second kappa shape index (κ2) is 7.34. The van der Waals surface area contributed by atoms with Crippen molar-refractivity contribution >= 4 is 21.7 Å². The van der Waals surface area contributed by atoms with Crippen LogP contribution in [0.5, 0.6) is 11.5 Å². The van der Waals surface area contributed by atoms with Gasteiger partial charge in [-0.25, -0.2) is 4.98 Å². The highest BCUT2D eigenvalue weighted by Crippen LogP contribution is 2.33. The van der Waals surface area contributed by atoms with Crippen molar-refractivity contribution in [3.8, 4) is 11.5 Å². The molecule has 1 N–H and O–H groups in total. The van der Waals surface area contributed by atoms with Crippen LogP contribution in [0.3, 0.4) is 0 Å². The fraction of sp³-hybridized carbons (Fsp3) is 0.368. The Labute approximate surface area is 151 Å². The first-order valence-corrected chi connectivity index (χ1v) is 8.56. The molecule has 0 amide bonds. The molecule has 24 heavy (non-hydrogen) atoms. The van der Waals surface area contributed by atoms with Crippen LogP contribution in [0.2, 0.25) is 0 Å². The molecule has 1 aromatic carbocycles. The normalized spacial score (nSPS) is 11.4. The van der Waals surface area contributed by atoms with Gasteiger partial charge in [0, 0.05) is 18.2 Å². The average Bonchev–Trinajstić information content (AvgIpc) is 2.47. The molecule has 2 rings (SSSR count). The van der Waals surface area contributed by atoms with Gasteiger partial charge in [0.2, 0.25) is 0 Å². The van der Waals surface area contributed by atoms with E-state index in [0.717, 1.165) is 10.2 Å². The first kappa shape index (κ1) is 18.5. The Kier molecular flexibility index (Phi) is 5.65. The van der Waals surface area contributed by atoms with Gasteiger partial charge in [-0.2, -0.15) is 0 Å². The molecule has 1 heterocycles. The fourth-order valence-corrected chi connectivity index (χ4v) is 2.75. The third-order valence-electron chi connectivity index (χ3n) is 3.56.